The standard InChI is InChI=1S/C32H28ClN5O/c33-29-4-2-1-3-26(29)20-28(39)19-23-5-7-24(8-6-23)25-9-10-30-31(21-25)36-32(22-35-30)38-17-15-37(16-18-38)27-11-13-34-14-12-27/h1-14,21-22H,15-20H2. The summed E-state index contributed by atoms with van der Waals surface area (Å²) in [5.41, 5.74) is 6.97. The number of carbonyl (C=O) groups excluding carboxylic acids is 1. The number of hydrogen-bond donors (Lipinski definition) is 0. The minimum atomic E-state index is 0.144. The second kappa shape index (κ2) is 11.2. The first-order chi connectivity index (χ1) is 19.1. The number of nitrogens with zero attached hydrogens (tertiary/aromatic N) is 5. The van der Waals surface area contributed by atoms with E-state index in [9.17, 15) is 4.79 Å². The predicted molar refractivity (Wildman–Crippen MR) is 158 cm³/mol. The molecule has 1 saturated heterocycles. The van der Waals surface area contributed by atoms with Crippen LogP contribution in [0.15, 0.2) is 97.5 Å². The van der Waals surface area contributed by atoms with Crippen LogP contribution in [-0.4, -0.2) is 46.9 Å². The van der Waals surface area contributed by atoms with Crippen molar-refractivity contribution < 1.29 is 4.79 Å². The number of hydrogen-bond acceptors (Lipinski definition) is 6. The van der Waals surface area contributed by atoms with Gasteiger partial charge in [-0.2, -0.15) is 0 Å². The Morgan fingerprint density at radius 2 is 1.49 bits per heavy atom. The van der Waals surface area contributed by atoms with Gasteiger partial charge >= 0.3 is 0 Å². The third kappa shape index (κ3) is 5.76. The fourth-order valence-corrected chi connectivity index (χ4v) is 5.24. The van der Waals surface area contributed by atoms with Crippen LogP contribution in [0.25, 0.3) is 22.2 Å². The van der Waals surface area contributed by atoms with Crippen molar-refractivity contribution >= 4 is 39.9 Å². The molecule has 0 aliphatic carbocycles. The smallest absolute Gasteiger partial charge is 0.147 e. The molecule has 7 heteroatoms. The fraction of sp³-hybridized carbons (Fsp3) is 0.188. The minimum absolute atomic E-state index is 0.144. The van der Waals surface area contributed by atoms with Gasteiger partial charge in [0, 0.05) is 62.1 Å². The summed E-state index contributed by atoms with van der Waals surface area (Å²) in [6.45, 7) is 3.63. The topological polar surface area (TPSA) is 62.2 Å². The van der Waals surface area contributed by atoms with Crippen LogP contribution in [0.2, 0.25) is 5.02 Å². The van der Waals surface area contributed by atoms with Gasteiger partial charge in [0.15, 0.2) is 0 Å². The zero-order chi connectivity index (χ0) is 26.6. The molecule has 1 fully saturated rings. The summed E-state index contributed by atoms with van der Waals surface area (Å²) in [4.78, 5) is 31.0. The van der Waals surface area contributed by atoms with Crippen LogP contribution >= 0.6 is 11.6 Å². The maximum absolute atomic E-state index is 12.6. The lowest BCUT2D eigenvalue weighted by Gasteiger charge is -2.36. The highest BCUT2D eigenvalue weighted by atomic mass is 35.5. The van der Waals surface area contributed by atoms with E-state index in [0.717, 1.165) is 65.3 Å². The van der Waals surface area contributed by atoms with Crippen molar-refractivity contribution in [2.75, 3.05) is 36.0 Å². The second-order valence-electron chi connectivity index (χ2n) is 9.79. The number of ketones is 1. The predicted octanol–water partition coefficient (Wildman–Crippen LogP) is 6.03. The molecule has 2 aromatic heterocycles. The molecule has 0 atom stereocenters. The van der Waals surface area contributed by atoms with Crippen LogP contribution in [-0.2, 0) is 17.6 Å². The molecule has 5 aromatic rings. The summed E-state index contributed by atoms with van der Waals surface area (Å²) in [6, 6.07) is 26.0. The quantitative estimate of drug-likeness (QED) is 0.255. The maximum atomic E-state index is 12.6. The van der Waals surface area contributed by atoms with Gasteiger partial charge in [0.25, 0.3) is 0 Å². The largest absolute Gasteiger partial charge is 0.368 e. The van der Waals surface area contributed by atoms with Crippen molar-refractivity contribution in [3.63, 3.8) is 0 Å². The zero-order valence-electron chi connectivity index (χ0n) is 21.5. The SMILES string of the molecule is O=C(Cc1ccc(-c2ccc3ncc(N4CCN(c5ccncc5)CC4)nc3c2)cc1)Cc1ccccc1Cl. The van der Waals surface area contributed by atoms with Crippen molar-refractivity contribution in [1.82, 2.24) is 15.0 Å². The Morgan fingerprint density at radius 3 is 2.26 bits per heavy atom. The van der Waals surface area contributed by atoms with Gasteiger partial charge in [0.05, 0.1) is 17.2 Å². The van der Waals surface area contributed by atoms with Crippen molar-refractivity contribution in [2.45, 2.75) is 12.8 Å². The Labute approximate surface area is 232 Å². The summed E-state index contributed by atoms with van der Waals surface area (Å²) < 4.78 is 0. The zero-order valence-corrected chi connectivity index (χ0v) is 22.3. The van der Waals surface area contributed by atoms with E-state index in [4.69, 9.17) is 16.6 Å². The van der Waals surface area contributed by atoms with E-state index < -0.39 is 0 Å². The summed E-state index contributed by atoms with van der Waals surface area (Å²) in [7, 11) is 0. The number of anilines is 2. The molecule has 0 unspecified atom stereocenters. The number of halogens is 1. The van der Waals surface area contributed by atoms with Gasteiger partial charge in [-0.05, 0) is 52.6 Å². The Bertz CT molecular complexity index is 1600. The van der Waals surface area contributed by atoms with Gasteiger partial charge in [0.1, 0.15) is 11.6 Å². The number of carbonyl (C=O) groups is 1. The molecule has 0 saturated carbocycles. The highest BCUT2D eigenvalue weighted by Crippen LogP contribution is 2.26. The molecule has 194 valence electrons. The molecular weight excluding hydrogens is 506 g/mol. The van der Waals surface area contributed by atoms with Crippen molar-refractivity contribution in [3.05, 3.63) is 114 Å². The molecular formula is C32H28ClN5O. The van der Waals surface area contributed by atoms with E-state index in [1.54, 1.807) is 0 Å². The Hall–Kier alpha value is -4.29. The van der Waals surface area contributed by atoms with Gasteiger partial charge in [0.2, 0.25) is 0 Å². The van der Waals surface area contributed by atoms with E-state index in [0.29, 0.717) is 17.9 Å². The summed E-state index contributed by atoms with van der Waals surface area (Å²) in [5, 5.41) is 0.635. The first-order valence-corrected chi connectivity index (χ1v) is 13.5. The summed E-state index contributed by atoms with van der Waals surface area (Å²) in [6.07, 6.45) is 6.27. The van der Waals surface area contributed by atoms with Gasteiger partial charge in [-0.15, -0.1) is 0 Å². The molecule has 0 spiro atoms. The number of Topliss-reactive ketones (excluding diaryl/α,β-unsaturated/α-hetero) is 1. The molecule has 1 aliphatic rings. The Morgan fingerprint density at radius 1 is 0.769 bits per heavy atom. The number of benzene rings is 3. The molecule has 3 heterocycles. The van der Waals surface area contributed by atoms with Crippen LogP contribution in [0.5, 0.6) is 0 Å². The Kier molecular flexibility index (Phi) is 7.19. The van der Waals surface area contributed by atoms with Crippen molar-refractivity contribution in [2.24, 2.45) is 0 Å². The van der Waals surface area contributed by atoms with Crippen LogP contribution in [0.4, 0.5) is 11.5 Å². The maximum Gasteiger partial charge on any atom is 0.147 e. The van der Waals surface area contributed by atoms with Crippen molar-refractivity contribution in [3.8, 4) is 11.1 Å². The molecule has 0 bridgehead atoms. The van der Waals surface area contributed by atoms with Gasteiger partial charge in [-0.3, -0.25) is 14.8 Å². The van der Waals surface area contributed by atoms with Gasteiger partial charge in [-0.1, -0.05) is 60.1 Å². The highest BCUT2D eigenvalue weighted by molar-refractivity contribution is 6.31. The van der Waals surface area contributed by atoms with Crippen molar-refractivity contribution in [1.29, 1.82) is 0 Å². The van der Waals surface area contributed by atoms with Crippen LogP contribution < -0.4 is 9.80 Å². The molecule has 6 nitrogen and oxygen atoms in total. The third-order valence-corrected chi connectivity index (χ3v) is 7.56. The number of piperazine rings is 1. The molecule has 6 rings (SSSR count). The monoisotopic (exact) mass is 533 g/mol. The normalized spacial score (nSPS) is 13.6. The fourth-order valence-electron chi connectivity index (χ4n) is 5.04. The lowest BCUT2D eigenvalue weighted by atomic mass is 9.99. The summed E-state index contributed by atoms with van der Waals surface area (Å²) in [5.74, 6) is 1.05. The number of rotatable bonds is 7. The minimum Gasteiger partial charge on any atom is -0.368 e. The molecule has 0 amide bonds. The average Bonchev–Trinajstić information content (AvgIpc) is 2.99. The van der Waals surface area contributed by atoms with E-state index >= 15 is 0 Å². The van der Waals surface area contributed by atoms with Crippen LogP contribution in [0, 0.1) is 0 Å². The Balaban J connectivity index is 1.13. The van der Waals surface area contributed by atoms with E-state index in [-0.39, 0.29) is 5.78 Å². The molecule has 0 radical (unpaired) electrons. The third-order valence-electron chi connectivity index (χ3n) is 7.20. The van der Waals surface area contributed by atoms with Gasteiger partial charge < -0.3 is 9.80 Å². The number of aromatic nitrogens is 3. The lowest BCUT2D eigenvalue weighted by molar-refractivity contribution is -0.117. The molecule has 3 aromatic carbocycles. The van der Waals surface area contributed by atoms with E-state index in [2.05, 4.69) is 56.2 Å². The van der Waals surface area contributed by atoms with E-state index in [1.807, 2.05) is 61.1 Å². The molecule has 39 heavy (non-hydrogen) atoms. The number of fused-ring (bicyclic) bond motifs is 1. The molecule has 0 N–H and O–H groups in total. The number of pyridine rings is 1. The van der Waals surface area contributed by atoms with Gasteiger partial charge in [-0.25, -0.2) is 4.98 Å². The van der Waals surface area contributed by atoms with Crippen LogP contribution in [0.1, 0.15) is 11.1 Å². The summed E-state index contributed by atoms with van der Waals surface area (Å²) >= 11 is 6.22. The van der Waals surface area contributed by atoms with E-state index in [1.165, 1.54) is 5.69 Å². The molecule has 1 aliphatic heterocycles. The first kappa shape index (κ1) is 25.0. The lowest BCUT2D eigenvalue weighted by Crippen LogP contribution is -2.46. The highest BCUT2D eigenvalue weighted by Gasteiger charge is 2.19. The van der Waals surface area contributed by atoms with Crippen LogP contribution in [0.3, 0.4) is 0 Å². The average molecular weight is 534 g/mol. The second-order valence-corrected chi connectivity index (χ2v) is 10.2. The first-order valence-electron chi connectivity index (χ1n) is 13.1.